The van der Waals surface area contributed by atoms with Gasteiger partial charge in [-0.25, -0.2) is 8.42 Å². The summed E-state index contributed by atoms with van der Waals surface area (Å²) in [5.41, 5.74) is 0.327. The summed E-state index contributed by atoms with van der Waals surface area (Å²) in [7, 11) is -2.49. The fraction of sp³-hybridized carbons (Fsp3) is 0.417. The highest BCUT2D eigenvalue weighted by atomic mass is 32.2. The van der Waals surface area contributed by atoms with Gasteiger partial charge in [-0.1, -0.05) is 25.1 Å². The number of non-ortho nitro benzene ring substituents is 1. The number of carbonyl (C=O) groups excluding carboxylic acids is 2. The Morgan fingerprint density at radius 3 is 2.39 bits per heavy atom. The van der Waals surface area contributed by atoms with E-state index in [-0.39, 0.29) is 29.9 Å². The second-order valence-corrected chi connectivity index (χ2v) is 10.3. The van der Waals surface area contributed by atoms with Crippen LogP contribution in [0.15, 0.2) is 48.5 Å². The number of ether oxygens (including phenoxy) is 1. The van der Waals surface area contributed by atoms with E-state index >= 15 is 0 Å². The molecular weight excluding hydrogens is 488 g/mol. The molecule has 0 spiro atoms. The monoisotopic (exact) mass is 520 g/mol. The summed E-state index contributed by atoms with van der Waals surface area (Å²) in [4.78, 5) is 38.3. The maximum atomic E-state index is 13.5. The summed E-state index contributed by atoms with van der Waals surface area (Å²) < 4.78 is 31.2. The predicted octanol–water partition coefficient (Wildman–Crippen LogP) is 2.70. The number of hydrogen-bond acceptors (Lipinski definition) is 7. The summed E-state index contributed by atoms with van der Waals surface area (Å²) in [5.74, 6) is -0.477. The first-order valence-corrected chi connectivity index (χ1v) is 13.2. The molecule has 1 N–H and O–H groups in total. The van der Waals surface area contributed by atoms with Gasteiger partial charge in [-0.3, -0.25) is 24.0 Å². The van der Waals surface area contributed by atoms with Crippen LogP contribution in [-0.2, 0) is 26.2 Å². The maximum Gasteiger partial charge on any atom is 0.271 e. The number of hydrogen-bond donors (Lipinski definition) is 1. The molecule has 12 heteroatoms. The lowest BCUT2D eigenvalue weighted by Gasteiger charge is -2.32. The number of nitro groups is 1. The van der Waals surface area contributed by atoms with Gasteiger partial charge < -0.3 is 15.0 Å². The molecule has 0 unspecified atom stereocenters. The highest BCUT2D eigenvalue weighted by Gasteiger charge is 2.31. The van der Waals surface area contributed by atoms with Crippen molar-refractivity contribution in [3.8, 4) is 5.75 Å². The molecule has 11 nitrogen and oxygen atoms in total. The molecule has 2 aromatic rings. The molecule has 0 radical (unpaired) electrons. The van der Waals surface area contributed by atoms with E-state index in [0.29, 0.717) is 17.7 Å². The van der Waals surface area contributed by atoms with Crippen molar-refractivity contribution < 1.29 is 27.7 Å². The zero-order valence-corrected chi connectivity index (χ0v) is 21.8. The molecule has 0 heterocycles. The van der Waals surface area contributed by atoms with Gasteiger partial charge in [0.25, 0.3) is 5.69 Å². The van der Waals surface area contributed by atoms with Crippen molar-refractivity contribution in [2.45, 2.75) is 45.8 Å². The van der Waals surface area contributed by atoms with Crippen molar-refractivity contribution in [1.82, 2.24) is 10.2 Å². The molecule has 36 heavy (non-hydrogen) atoms. The SMILES string of the molecule is CC[C@@H](C)NC(=O)[C@H](C)N(Cc1cccc(OC)c1)C(=O)CN(c1cccc([N+](=O)[O-])c1)S(C)(=O)=O. The van der Waals surface area contributed by atoms with E-state index < -0.39 is 33.4 Å². The molecule has 2 amide bonds. The Bertz CT molecular complexity index is 1200. The summed E-state index contributed by atoms with van der Waals surface area (Å²) in [5, 5.41) is 14.0. The van der Waals surface area contributed by atoms with Crippen LogP contribution in [0.25, 0.3) is 0 Å². The molecule has 0 bridgehead atoms. The third-order valence-electron chi connectivity index (χ3n) is 5.66. The summed E-state index contributed by atoms with van der Waals surface area (Å²) in [6.07, 6.45) is 1.60. The van der Waals surface area contributed by atoms with Gasteiger partial charge in [-0.05, 0) is 44.0 Å². The Balaban J connectivity index is 2.44. The number of amides is 2. The van der Waals surface area contributed by atoms with Crippen molar-refractivity contribution in [2.75, 3.05) is 24.2 Å². The second-order valence-electron chi connectivity index (χ2n) is 8.41. The van der Waals surface area contributed by atoms with Gasteiger partial charge in [0, 0.05) is 24.7 Å². The Morgan fingerprint density at radius 1 is 1.14 bits per heavy atom. The Labute approximate surface area is 211 Å². The molecule has 0 aliphatic carbocycles. The van der Waals surface area contributed by atoms with Gasteiger partial charge in [0.2, 0.25) is 21.8 Å². The molecule has 0 aromatic heterocycles. The minimum atomic E-state index is -4.00. The number of carbonyl (C=O) groups is 2. The van der Waals surface area contributed by atoms with Gasteiger partial charge in [-0.2, -0.15) is 0 Å². The molecule has 2 aromatic carbocycles. The highest BCUT2D eigenvalue weighted by molar-refractivity contribution is 7.92. The topological polar surface area (TPSA) is 139 Å². The van der Waals surface area contributed by atoms with Crippen LogP contribution < -0.4 is 14.4 Å². The standard InChI is InChI=1S/C24H32N4O7S/c1-6-17(2)25-24(30)18(3)26(15-19-9-7-12-22(13-19)35-4)23(29)16-27(36(5,33)34)20-10-8-11-21(14-20)28(31)32/h7-14,17-18H,6,15-16H2,1-5H3,(H,25,30)/t17-,18+/m1/s1. The van der Waals surface area contributed by atoms with Crippen LogP contribution in [0.1, 0.15) is 32.8 Å². The van der Waals surface area contributed by atoms with E-state index in [4.69, 9.17) is 4.74 Å². The largest absolute Gasteiger partial charge is 0.497 e. The zero-order chi connectivity index (χ0) is 27.0. The molecule has 0 aliphatic rings. The molecule has 0 saturated carbocycles. The molecular formula is C24H32N4O7S. The normalized spacial score (nSPS) is 12.8. The minimum Gasteiger partial charge on any atom is -0.497 e. The van der Waals surface area contributed by atoms with Gasteiger partial charge in [0.05, 0.1) is 24.0 Å². The van der Waals surface area contributed by atoms with E-state index in [1.807, 2.05) is 13.8 Å². The van der Waals surface area contributed by atoms with Crippen LogP contribution >= 0.6 is 0 Å². The minimum absolute atomic E-state index is 0.0116. The van der Waals surface area contributed by atoms with E-state index in [1.165, 1.54) is 30.2 Å². The van der Waals surface area contributed by atoms with Crippen molar-refractivity contribution in [3.05, 3.63) is 64.2 Å². The Hall–Kier alpha value is -3.67. The van der Waals surface area contributed by atoms with Gasteiger partial charge in [0.15, 0.2) is 0 Å². The lowest BCUT2D eigenvalue weighted by molar-refractivity contribution is -0.384. The average Bonchev–Trinajstić information content (AvgIpc) is 2.84. The van der Waals surface area contributed by atoms with Crippen LogP contribution in [0.3, 0.4) is 0 Å². The predicted molar refractivity (Wildman–Crippen MR) is 136 cm³/mol. The first kappa shape index (κ1) is 28.6. The number of nitro benzene ring substituents is 1. The summed E-state index contributed by atoms with van der Waals surface area (Å²) >= 11 is 0. The molecule has 2 atom stereocenters. The van der Waals surface area contributed by atoms with Crippen LogP contribution in [0.2, 0.25) is 0 Å². The van der Waals surface area contributed by atoms with E-state index in [2.05, 4.69) is 5.32 Å². The number of nitrogens with one attached hydrogen (secondary N) is 1. The molecule has 0 aliphatic heterocycles. The van der Waals surface area contributed by atoms with E-state index in [1.54, 1.807) is 31.2 Å². The van der Waals surface area contributed by atoms with Crippen molar-refractivity contribution in [1.29, 1.82) is 0 Å². The number of nitrogens with zero attached hydrogens (tertiary/aromatic N) is 3. The summed E-state index contributed by atoms with van der Waals surface area (Å²) in [6.45, 7) is 4.68. The quantitative estimate of drug-likeness (QED) is 0.335. The van der Waals surface area contributed by atoms with E-state index in [9.17, 15) is 28.1 Å². The maximum absolute atomic E-state index is 13.5. The lowest BCUT2D eigenvalue weighted by Crippen LogP contribution is -2.52. The molecule has 0 saturated heterocycles. The molecule has 2 rings (SSSR count). The first-order chi connectivity index (χ1) is 16.9. The van der Waals surface area contributed by atoms with Crippen LogP contribution in [0.4, 0.5) is 11.4 Å². The number of methoxy groups -OCH3 is 1. The van der Waals surface area contributed by atoms with Crippen molar-refractivity contribution in [2.24, 2.45) is 0 Å². The number of sulfonamides is 1. The Kier molecular flexibility index (Phi) is 9.79. The number of anilines is 1. The van der Waals surface area contributed by atoms with Crippen LogP contribution in [0, 0.1) is 10.1 Å². The number of benzene rings is 2. The third kappa shape index (κ3) is 7.67. The molecule has 196 valence electrons. The van der Waals surface area contributed by atoms with Crippen molar-refractivity contribution in [3.63, 3.8) is 0 Å². The zero-order valence-electron chi connectivity index (χ0n) is 21.0. The summed E-state index contributed by atoms with van der Waals surface area (Å²) in [6, 6.07) is 10.9. The van der Waals surface area contributed by atoms with Gasteiger partial charge in [-0.15, -0.1) is 0 Å². The molecule has 0 fully saturated rings. The fourth-order valence-electron chi connectivity index (χ4n) is 3.39. The van der Waals surface area contributed by atoms with Gasteiger partial charge in [0.1, 0.15) is 18.3 Å². The van der Waals surface area contributed by atoms with Crippen LogP contribution in [0.5, 0.6) is 5.75 Å². The second kappa shape index (κ2) is 12.3. The van der Waals surface area contributed by atoms with Gasteiger partial charge >= 0.3 is 0 Å². The smallest absolute Gasteiger partial charge is 0.271 e. The third-order valence-corrected chi connectivity index (χ3v) is 6.80. The highest BCUT2D eigenvalue weighted by Crippen LogP contribution is 2.24. The Morgan fingerprint density at radius 2 is 1.81 bits per heavy atom. The fourth-order valence-corrected chi connectivity index (χ4v) is 4.23. The lowest BCUT2D eigenvalue weighted by atomic mass is 10.1. The van der Waals surface area contributed by atoms with E-state index in [0.717, 1.165) is 16.6 Å². The average molecular weight is 521 g/mol. The van der Waals surface area contributed by atoms with Crippen molar-refractivity contribution >= 4 is 33.2 Å². The number of rotatable bonds is 12. The van der Waals surface area contributed by atoms with Crippen LogP contribution in [-0.4, -0.2) is 62.0 Å². The first-order valence-electron chi connectivity index (χ1n) is 11.3.